The maximum Gasteiger partial charge on any atom is 0.203 e. The van der Waals surface area contributed by atoms with Crippen LogP contribution >= 0.6 is 35.7 Å². The molecule has 1 fully saturated rings. The van der Waals surface area contributed by atoms with Crippen molar-refractivity contribution >= 4 is 41.7 Å². The third-order valence-electron chi connectivity index (χ3n) is 4.16. The molecule has 0 bridgehead atoms. The second-order valence-corrected chi connectivity index (χ2v) is 7.21. The van der Waals surface area contributed by atoms with E-state index in [1.165, 1.54) is 0 Å². The minimum absolute atomic E-state index is 0. The summed E-state index contributed by atoms with van der Waals surface area (Å²) in [6.45, 7) is 3.69. The number of nitrogens with zero attached hydrogens (tertiary/aromatic N) is 1. The fourth-order valence-electron chi connectivity index (χ4n) is 2.72. The van der Waals surface area contributed by atoms with Gasteiger partial charge in [-0.2, -0.15) is 11.8 Å². The molecule has 27 heavy (non-hydrogen) atoms. The Labute approximate surface area is 182 Å². The quantitative estimate of drug-likeness (QED) is 0.281. The van der Waals surface area contributed by atoms with E-state index in [0.29, 0.717) is 36.3 Å². The van der Waals surface area contributed by atoms with Crippen LogP contribution in [0.25, 0.3) is 0 Å². The topological polar surface area (TPSA) is 84.3 Å². The zero-order valence-corrected chi connectivity index (χ0v) is 19.5. The van der Waals surface area contributed by atoms with E-state index in [1.54, 1.807) is 33.1 Å². The van der Waals surface area contributed by atoms with Crippen molar-refractivity contribution in [1.29, 1.82) is 0 Å². The van der Waals surface area contributed by atoms with Crippen molar-refractivity contribution in [3.63, 3.8) is 0 Å². The second kappa shape index (κ2) is 11.7. The van der Waals surface area contributed by atoms with Crippen LogP contribution in [0.15, 0.2) is 17.1 Å². The number of hydrogen-bond donors (Lipinski definition) is 3. The van der Waals surface area contributed by atoms with Gasteiger partial charge in [0.05, 0.1) is 33.5 Å². The van der Waals surface area contributed by atoms with Crippen LogP contribution in [0.4, 0.5) is 0 Å². The predicted molar refractivity (Wildman–Crippen MR) is 121 cm³/mol. The number of nitrogens with one attached hydrogen (secondary N) is 2. The summed E-state index contributed by atoms with van der Waals surface area (Å²) in [7, 11) is 4.77. The maximum absolute atomic E-state index is 10.5. The van der Waals surface area contributed by atoms with Crippen molar-refractivity contribution in [3.8, 4) is 17.2 Å². The SMILES string of the molecule is CCNC(=NCc1cc(OC)c(OC)c(OC)c1)NCC1(O)CCSC1.I. The summed E-state index contributed by atoms with van der Waals surface area (Å²) in [5.41, 5.74) is 0.278. The van der Waals surface area contributed by atoms with E-state index >= 15 is 0 Å². The van der Waals surface area contributed by atoms with Crippen LogP contribution in [0.5, 0.6) is 17.2 Å². The summed E-state index contributed by atoms with van der Waals surface area (Å²) in [5, 5.41) is 16.9. The molecular formula is C18H30IN3O4S. The van der Waals surface area contributed by atoms with Gasteiger partial charge in [0.2, 0.25) is 5.75 Å². The molecule has 1 aliphatic rings. The van der Waals surface area contributed by atoms with Gasteiger partial charge in [-0.05, 0) is 36.8 Å². The van der Waals surface area contributed by atoms with E-state index in [2.05, 4.69) is 15.6 Å². The average molecular weight is 511 g/mol. The number of hydrogen-bond acceptors (Lipinski definition) is 6. The normalized spacial score (nSPS) is 19.2. The molecule has 0 amide bonds. The van der Waals surface area contributed by atoms with Gasteiger partial charge < -0.3 is 30.0 Å². The first-order valence-corrected chi connectivity index (χ1v) is 9.82. The zero-order chi connectivity index (χ0) is 19.0. The Bertz CT molecular complexity index is 600. The Morgan fingerprint density at radius 1 is 1.19 bits per heavy atom. The minimum Gasteiger partial charge on any atom is -0.493 e. The van der Waals surface area contributed by atoms with Gasteiger partial charge in [-0.15, -0.1) is 24.0 Å². The molecule has 0 saturated carbocycles. The van der Waals surface area contributed by atoms with E-state index in [9.17, 15) is 5.11 Å². The molecule has 0 aromatic heterocycles. The first-order chi connectivity index (χ1) is 12.5. The summed E-state index contributed by atoms with van der Waals surface area (Å²) in [6.07, 6.45) is 0.803. The number of halogens is 1. The highest BCUT2D eigenvalue weighted by Crippen LogP contribution is 2.38. The van der Waals surface area contributed by atoms with Gasteiger partial charge in [-0.1, -0.05) is 0 Å². The molecule has 1 aliphatic heterocycles. The molecule has 154 valence electrons. The molecule has 1 heterocycles. The molecule has 7 nitrogen and oxygen atoms in total. The van der Waals surface area contributed by atoms with Gasteiger partial charge in [0, 0.05) is 18.8 Å². The third-order valence-corrected chi connectivity index (χ3v) is 5.39. The number of thioether (sulfide) groups is 1. The molecule has 3 N–H and O–H groups in total. The van der Waals surface area contributed by atoms with Gasteiger partial charge in [-0.3, -0.25) is 0 Å². The highest BCUT2D eigenvalue weighted by Gasteiger charge is 2.31. The molecule has 0 spiro atoms. The summed E-state index contributed by atoms with van der Waals surface area (Å²) >= 11 is 1.78. The molecule has 1 unspecified atom stereocenters. The standard InChI is InChI=1S/C18H29N3O4S.HI/c1-5-19-17(21-11-18(22)6-7-26-12-18)20-10-13-8-14(23-2)16(25-4)15(9-13)24-3;/h8-9,22H,5-7,10-12H2,1-4H3,(H2,19,20,21);1H. The highest BCUT2D eigenvalue weighted by molar-refractivity contribution is 14.0. The fourth-order valence-corrected chi connectivity index (χ4v) is 4.02. The number of aliphatic hydroxyl groups is 1. The van der Waals surface area contributed by atoms with Crippen molar-refractivity contribution in [2.24, 2.45) is 4.99 Å². The summed E-state index contributed by atoms with van der Waals surface area (Å²) in [5.74, 6) is 4.20. The third kappa shape index (κ3) is 6.79. The number of guanidine groups is 1. The molecule has 0 radical (unpaired) electrons. The summed E-state index contributed by atoms with van der Waals surface area (Å²) in [4.78, 5) is 4.61. The van der Waals surface area contributed by atoms with Crippen molar-refractivity contribution < 1.29 is 19.3 Å². The van der Waals surface area contributed by atoms with Crippen molar-refractivity contribution in [2.45, 2.75) is 25.5 Å². The molecule has 9 heteroatoms. The lowest BCUT2D eigenvalue weighted by Crippen LogP contribution is -2.47. The van der Waals surface area contributed by atoms with Crippen LogP contribution in [0.1, 0.15) is 18.9 Å². The van der Waals surface area contributed by atoms with E-state index in [4.69, 9.17) is 14.2 Å². The second-order valence-electron chi connectivity index (χ2n) is 6.11. The van der Waals surface area contributed by atoms with Crippen molar-refractivity contribution in [2.75, 3.05) is 45.9 Å². The Morgan fingerprint density at radius 2 is 1.85 bits per heavy atom. The van der Waals surface area contributed by atoms with E-state index in [0.717, 1.165) is 30.0 Å². The van der Waals surface area contributed by atoms with E-state index < -0.39 is 5.60 Å². The lowest BCUT2D eigenvalue weighted by molar-refractivity contribution is 0.0724. The summed E-state index contributed by atoms with van der Waals surface area (Å²) in [6, 6.07) is 3.77. The zero-order valence-electron chi connectivity index (χ0n) is 16.3. The van der Waals surface area contributed by atoms with Gasteiger partial charge in [0.15, 0.2) is 17.5 Å². The fraction of sp³-hybridized carbons (Fsp3) is 0.611. The van der Waals surface area contributed by atoms with E-state index in [-0.39, 0.29) is 24.0 Å². The molecular weight excluding hydrogens is 481 g/mol. The number of aliphatic imine (C=N–C) groups is 1. The lowest BCUT2D eigenvalue weighted by atomic mass is 10.0. The first kappa shape index (κ1) is 24.0. The molecule has 1 aromatic carbocycles. The number of methoxy groups -OCH3 is 3. The van der Waals surface area contributed by atoms with E-state index in [1.807, 2.05) is 19.1 Å². The van der Waals surface area contributed by atoms with Crippen LogP contribution in [-0.2, 0) is 6.54 Å². The Balaban J connectivity index is 0.00000364. The number of ether oxygens (including phenoxy) is 3. The minimum atomic E-state index is -0.659. The Morgan fingerprint density at radius 3 is 2.33 bits per heavy atom. The van der Waals surface area contributed by atoms with Gasteiger partial charge >= 0.3 is 0 Å². The van der Waals surface area contributed by atoms with Crippen molar-refractivity contribution in [3.05, 3.63) is 17.7 Å². The number of benzene rings is 1. The predicted octanol–water partition coefficient (Wildman–Crippen LogP) is 2.25. The molecule has 0 aliphatic carbocycles. The number of rotatable bonds is 8. The first-order valence-electron chi connectivity index (χ1n) is 8.66. The molecule has 2 rings (SSSR count). The maximum atomic E-state index is 10.5. The molecule has 1 atom stereocenters. The van der Waals surface area contributed by atoms with Crippen LogP contribution in [0.2, 0.25) is 0 Å². The smallest absolute Gasteiger partial charge is 0.203 e. The highest BCUT2D eigenvalue weighted by atomic mass is 127. The summed E-state index contributed by atoms with van der Waals surface area (Å²) < 4.78 is 16.1. The van der Waals surface area contributed by atoms with Gasteiger partial charge in [-0.25, -0.2) is 4.99 Å². The van der Waals surface area contributed by atoms with Crippen LogP contribution in [0.3, 0.4) is 0 Å². The largest absolute Gasteiger partial charge is 0.493 e. The lowest BCUT2D eigenvalue weighted by Gasteiger charge is -2.23. The van der Waals surface area contributed by atoms with Crippen molar-refractivity contribution in [1.82, 2.24) is 10.6 Å². The van der Waals surface area contributed by atoms with Crippen LogP contribution < -0.4 is 24.8 Å². The Kier molecular flexibility index (Phi) is 10.4. The average Bonchev–Trinajstić information content (AvgIpc) is 3.09. The van der Waals surface area contributed by atoms with Crippen LogP contribution in [-0.4, -0.2) is 62.6 Å². The Hall–Kier alpha value is -1.07. The monoisotopic (exact) mass is 511 g/mol. The molecule has 1 saturated heterocycles. The van der Waals surface area contributed by atoms with Crippen LogP contribution in [0, 0.1) is 0 Å². The molecule has 1 aromatic rings. The van der Waals surface area contributed by atoms with Gasteiger partial charge in [0.1, 0.15) is 0 Å². The van der Waals surface area contributed by atoms with Gasteiger partial charge in [0.25, 0.3) is 0 Å².